The first-order valence-electron chi connectivity index (χ1n) is 5.50. The topological polar surface area (TPSA) is 29.0 Å². The molecule has 94 valence electrons. The lowest BCUT2D eigenvalue weighted by atomic mass is 10.2. The Morgan fingerprint density at radius 1 is 1.28 bits per heavy atom. The lowest BCUT2D eigenvalue weighted by Gasteiger charge is -2.19. The van der Waals surface area contributed by atoms with Crippen LogP contribution >= 0.6 is 15.9 Å². The van der Waals surface area contributed by atoms with E-state index in [-0.39, 0.29) is 5.82 Å². The van der Waals surface area contributed by atoms with Gasteiger partial charge in [0.2, 0.25) is 0 Å². The van der Waals surface area contributed by atoms with Crippen LogP contribution in [0.3, 0.4) is 0 Å². The third-order valence-electron chi connectivity index (χ3n) is 2.60. The van der Waals surface area contributed by atoms with Gasteiger partial charge in [0.1, 0.15) is 18.0 Å². The van der Waals surface area contributed by atoms with Crippen LogP contribution in [0.2, 0.25) is 0 Å². The van der Waals surface area contributed by atoms with Crippen molar-refractivity contribution in [2.45, 2.75) is 13.5 Å². The molecule has 0 aliphatic carbocycles. The minimum atomic E-state index is -0.244. The molecule has 0 unspecified atom stereocenters. The quantitative estimate of drug-likeness (QED) is 0.871. The molecule has 0 spiro atoms. The van der Waals surface area contributed by atoms with Gasteiger partial charge in [0.05, 0.1) is 0 Å². The summed E-state index contributed by atoms with van der Waals surface area (Å²) in [6.07, 6.45) is 1.54. The van der Waals surface area contributed by atoms with Crippen LogP contribution in [0, 0.1) is 12.7 Å². The predicted molar refractivity (Wildman–Crippen MR) is 73.0 cm³/mol. The summed E-state index contributed by atoms with van der Waals surface area (Å²) in [5.74, 6) is 0.602. The average Bonchev–Trinajstić information content (AvgIpc) is 2.32. The van der Waals surface area contributed by atoms with Crippen molar-refractivity contribution in [2.24, 2.45) is 0 Å². The second kappa shape index (κ2) is 5.44. The number of nitrogens with zero attached hydrogens (tertiary/aromatic N) is 3. The Balaban J connectivity index is 2.18. The molecule has 0 aliphatic rings. The fraction of sp³-hybridized carbons (Fsp3) is 0.231. The molecule has 18 heavy (non-hydrogen) atoms. The SMILES string of the molecule is Cc1cc(N(C)Cc2ccc(F)cc2Br)ncn1. The van der Waals surface area contributed by atoms with Crippen LogP contribution in [0.15, 0.2) is 35.1 Å². The molecule has 0 amide bonds. The first kappa shape index (κ1) is 13.0. The summed E-state index contributed by atoms with van der Waals surface area (Å²) in [6, 6.07) is 6.61. The molecule has 0 aliphatic heterocycles. The third kappa shape index (κ3) is 3.04. The van der Waals surface area contributed by atoms with E-state index in [4.69, 9.17) is 0 Å². The zero-order chi connectivity index (χ0) is 13.1. The van der Waals surface area contributed by atoms with Crippen LogP contribution in [0.5, 0.6) is 0 Å². The Kier molecular flexibility index (Phi) is 3.91. The van der Waals surface area contributed by atoms with E-state index in [0.717, 1.165) is 21.5 Å². The maximum Gasteiger partial charge on any atom is 0.132 e. The van der Waals surface area contributed by atoms with Crippen LogP contribution in [-0.4, -0.2) is 17.0 Å². The van der Waals surface area contributed by atoms with Gasteiger partial charge in [-0.25, -0.2) is 14.4 Å². The summed E-state index contributed by atoms with van der Waals surface area (Å²) in [7, 11) is 1.94. The molecular weight excluding hydrogens is 297 g/mol. The van der Waals surface area contributed by atoms with Gasteiger partial charge in [0, 0.05) is 29.8 Å². The van der Waals surface area contributed by atoms with Crippen LogP contribution in [0.25, 0.3) is 0 Å². The summed E-state index contributed by atoms with van der Waals surface area (Å²) in [5, 5.41) is 0. The van der Waals surface area contributed by atoms with Gasteiger partial charge in [-0.1, -0.05) is 22.0 Å². The van der Waals surface area contributed by atoms with Gasteiger partial charge >= 0.3 is 0 Å². The summed E-state index contributed by atoms with van der Waals surface area (Å²) >= 11 is 3.36. The summed E-state index contributed by atoms with van der Waals surface area (Å²) in [5.41, 5.74) is 1.93. The lowest BCUT2D eigenvalue weighted by molar-refractivity contribution is 0.625. The van der Waals surface area contributed by atoms with Crippen molar-refractivity contribution < 1.29 is 4.39 Å². The molecule has 0 bridgehead atoms. The first-order chi connectivity index (χ1) is 8.56. The second-order valence-corrected chi connectivity index (χ2v) is 4.96. The predicted octanol–water partition coefficient (Wildman–Crippen LogP) is 3.32. The maximum absolute atomic E-state index is 13.0. The zero-order valence-electron chi connectivity index (χ0n) is 10.2. The first-order valence-corrected chi connectivity index (χ1v) is 6.29. The van der Waals surface area contributed by atoms with E-state index in [1.54, 1.807) is 12.4 Å². The summed E-state index contributed by atoms with van der Waals surface area (Å²) in [6.45, 7) is 2.57. The monoisotopic (exact) mass is 309 g/mol. The van der Waals surface area contributed by atoms with Crippen LogP contribution < -0.4 is 4.90 Å². The molecule has 3 nitrogen and oxygen atoms in total. The number of rotatable bonds is 3. The van der Waals surface area contributed by atoms with Gasteiger partial charge in [-0.3, -0.25) is 0 Å². The average molecular weight is 310 g/mol. The molecule has 2 aromatic rings. The van der Waals surface area contributed by atoms with Gasteiger partial charge in [0.25, 0.3) is 0 Å². The Labute approximate surface area is 114 Å². The third-order valence-corrected chi connectivity index (χ3v) is 3.34. The lowest BCUT2D eigenvalue weighted by Crippen LogP contribution is -2.18. The minimum absolute atomic E-state index is 0.244. The van der Waals surface area contributed by atoms with Crippen molar-refractivity contribution in [1.82, 2.24) is 9.97 Å². The fourth-order valence-electron chi connectivity index (χ4n) is 1.64. The number of aryl methyl sites for hydroxylation is 1. The van der Waals surface area contributed by atoms with Crippen molar-refractivity contribution in [1.29, 1.82) is 0 Å². The van der Waals surface area contributed by atoms with Gasteiger partial charge in [-0.15, -0.1) is 0 Å². The van der Waals surface area contributed by atoms with E-state index in [0.29, 0.717) is 6.54 Å². The largest absolute Gasteiger partial charge is 0.355 e. The van der Waals surface area contributed by atoms with E-state index in [9.17, 15) is 4.39 Å². The molecule has 0 N–H and O–H groups in total. The molecule has 2 rings (SSSR count). The Morgan fingerprint density at radius 2 is 2.06 bits per heavy atom. The van der Waals surface area contributed by atoms with E-state index in [2.05, 4.69) is 25.9 Å². The number of aromatic nitrogens is 2. The maximum atomic E-state index is 13.0. The van der Waals surface area contributed by atoms with E-state index in [1.165, 1.54) is 12.1 Å². The Morgan fingerprint density at radius 3 is 2.72 bits per heavy atom. The molecule has 5 heteroatoms. The normalized spacial score (nSPS) is 10.4. The number of hydrogen-bond donors (Lipinski definition) is 0. The second-order valence-electron chi connectivity index (χ2n) is 4.11. The minimum Gasteiger partial charge on any atom is -0.355 e. The highest BCUT2D eigenvalue weighted by atomic mass is 79.9. The van der Waals surface area contributed by atoms with Gasteiger partial charge in [0.15, 0.2) is 0 Å². The van der Waals surface area contributed by atoms with E-state index < -0.39 is 0 Å². The summed E-state index contributed by atoms with van der Waals surface area (Å²) < 4.78 is 13.8. The molecular formula is C13H13BrFN3. The molecule has 1 aromatic carbocycles. The number of anilines is 1. The molecule has 0 atom stereocenters. The number of hydrogen-bond acceptors (Lipinski definition) is 3. The summed E-state index contributed by atoms with van der Waals surface area (Å²) in [4.78, 5) is 10.3. The van der Waals surface area contributed by atoms with Gasteiger partial charge < -0.3 is 4.90 Å². The van der Waals surface area contributed by atoms with Crippen molar-refractivity contribution >= 4 is 21.7 Å². The highest BCUT2D eigenvalue weighted by molar-refractivity contribution is 9.10. The van der Waals surface area contributed by atoms with Gasteiger partial charge in [-0.2, -0.15) is 0 Å². The Bertz CT molecular complexity index is 560. The standard InChI is InChI=1S/C13H13BrFN3/c1-9-5-13(17-8-16-9)18(2)7-10-3-4-11(15)6-12(10)14/h3-6,8H,7H2,1-2H3. The fourth-order valence-corrected chi connectivity index (χ4v) is 2.11. The molecule has 0 saturated heterocycles. The number of benzene rings is 1. The van der Waals surface area contributed by atoms with E-state index in [1.807, 2.05) is 24.9 Å². The zero-order valence-corrected chi connectivity index (χ0v) is 11.8. The van der Waals surface area contributed by atoms with E-state index >= 15 is 0 Å². The molecule has 0 saturated carbocycles. The van der Waals surface area contributed by atoms with Crippen molar-refractivity contribution in [3.05, 3.63) is 52.1 Å². The highest BCUT2D eigenvalue weighted by Gasteiger charge is 2.07. The van der Waals surface area contributed by atoms with Crippen molar-refractivity contribution in [3.63, 3.8) is 0 Å². The molecule has 0 radical (unpaired) electrons. The molecule has 1 aromatic heterocycles. The van der Waals surface area contributed by atoms with Crippen molar-refractivity contribution in [3.8, 4) is 0 Å². The molecule has 0 fully saturated rings. The Hall–Kier alpha value is -1.49. The van der Waals surface area contributed by atoms with Gasteiger partial charge in [-0.05, 0) is 24.6 Å². The number of halogens is 2. The molecule has 1 heterocycles. The van der Waals surface area contributed by atoms with Crippen LogP contribution in [-0.2, 0) is 6.54 Å². The highest BCUT2D eigenvalue weighted by Crippen LogP contribution is 2.21. The smallest absolute Gasteiger partial charge is 0.132 e. The van der Waals surface area contributed by atoms with Crippen LogP contribution in [0.4, 0.5) is 10.2 Å². The van der Waals surface area contributed by atoms with Crippen LogP contribution in [0.1, 0.15) is 11.3 Å². The van der Waals surface area contributed by atoms with Crippen molar-refractivity contribution in [2.75, 3.05) is 11.9 Å².